The summed E-state index contributed by atoms with van der Waals surface area (Å²) in [5, 5.41) is 2.78. The van der Waals surface area contributed by atoms with Gasteiger partial charge in [-0.25, -0.2) is 8.78 Å². The molecule has 0 atom stereocenters. The maximum Gasteiger partial charge on any atom is 0.224 e. The van der Waals surface area contributed by atoms with Crippen molar-refractivity contribution in [3.05, 3.63) is 65.7 Å². The fourth-order valence-electron chi connectivity index (χ4n) is 3.16. The Bertz CT molecular complexity index is 831. The van der Waals surface area contributed by atoms with Gasteiger partial charge in [0.15, 0.2) is 5.96 Å². The molecule has 1 amide bonds. The highest BCUT2D eigenvalue weighted by molar-refractivity contribution is 5.79. The third kappa shape index (κ3) is 6.17. The highest BCUT2D eigenvalue weighted by atomic mass is 19.1. The molecule has 29 heavy (non-hydrogen) atoms. The zero-order valence-corrected chi connectivity index (χ0v) is 16.2. The van der Waals surface area contributed by atoms with E-state index in [1.165, 1.54) is 24.3 Å². The molecule has 6 nitrogen and oxygen atoms in total. The second-order valence-corrected chi connectivity index (χ2v) is 6.84. The Balaban J connectivity index is 1.37. The number of hydrogen-bond acceptors (Lipinski definition) is 3. The van der Waals surface area contributed by atoms with Crippen molar-refractivity contribution in [2.75, 3.05) is 44.2 Å². The van der Waals surface area contributed by atoms with Crippen LogP contribution in [0, 0.1) is 11.6 Å². The number of carbonyl (C=O) groups excluding carboxylic acids is 1. The van der Waals surface area contributed by atoms with E-state index < -0.39 is 0 Å². The first-order valence-electron chi connectivity index (χ1n) is 9.58. The number of nitrogens with zero attached hydrogens (tertiary/aromatic N) is 3. The molecule has 0 aromatic heterocycles. The number of benzene rings is 2. The van der Waals surface area contributed by atoms with Gasteiger partial charge < -0.3 is 20.9 Å². The van der Waals surface area contributed by atoms with Crippen LogP contribution in [0.3, 0.4) is 0 Å². The van der Waals surface area contributed by atoms with E-state index in [0.717, 1.165) is 37.4 Å². The van der Waals surface area contributed by atoms with Crippen LogP contribution >= 0.6 is 0 Å². The number of carbonyl (C=O) groups is 1. The minimum atomic E-state index is -0.322. The first kappa shape index (κ1) is 20.6. The summed E-state index contributed by atoms with van der Waals surface area (Å²) in [5.74, 6) is -0.249. The first-order chi connectivity index (χ1) is 14.0. The van der Waals surface area contributed by atoms with E-state index >= 15 is 0 Å². The Hall–Kier alpha value is -3.16. The molecule has 0 unspecified atom stereocenters. The minimum absolute atomic E-state index is 0.140. The Kier molecular flexibility index (Phi) is 6.99. The summed E-state index contributed by atoms with van der Waals surface area (Å²) in [6.07, 6.45) is 0.199. The van der Waals surface area contributed by atoms with Crippen molar-refractivity contribution in [3.8, 4) is 0 Å². The molecule has 2 aromatic rings. The summed E-state index contributed by atoms with van der Waals surface area (Å²) in [4.78, 5) is 20.4. The van der Waals surface area contributed by atoms with Crippen LogP contribution in [-0.4, -0.2) is 56.0 Å². The van der Waals surface area contributed by atoms with Crippen molar-refractivity contribution in [2.45, 2.75) is 6.42 Å². The van der Waals surface area contributed by atoms with Crippen LogP contribution in [0.15, 0.2) is 53.5 Å². The largest absolute Gasteiger partial charge is 0.370 e. The molecule has 0 aliphatic carbocycles. The molecule has 0 radical (unpaired) electrons. The molecule has 8 heteroatoms. The summed E-state index contributed by atoms with van der Waals surface area (Å²) in [6.45, 7) is 3.77. The smallest absolute Gasteiger partial charge is 0.224 e. The van der Waals surface area contributed by atoms with Crippen molar-refractivity contribution in [1.82, 2.24) is 10.2 Å². The van der Waals surface area contributed by atoms with Gasteiger partial charge in [-0.3, -0.25) is 9.79 Å². The number of aliphatic imine (C=N–C) groups is 1. The third-order valence-electron chi connectivity index (χ3n) is 4.78. The van der Waals surface area contributed by atoms with Gasteiger partial charge in [-0.15, -0.1) is 0 Å². The summed E-state index contributed by atoms with van der Waals surface area (Å²) in [6, 6.07) is 12.3. The van der Waals surface area contributed by atoms with Gasteiger partial charge in [0.2, 0.25) is 5.91 Å². The van der Waals surface area contributed by atoms with E-state index in [4.69, 9.17) is 5.73 Å². The molecule has 3 N–H and O–H groups in total. The Morgan fingerprint density at radius 3 is 2.17 bits per heavy atom. The molecule has 0 spiro atoms. The summed E-state index contributed by atoms with van der Waals surface area (Å²) in [7, 11) is 0. The number of anilines is 1. The van der Waals surface area contributed by atoms with Gasteiger partial charge in [0.05, 0.1) is 13.0 Å². The lowest BCUT2D eigenvalue weighted by molar-refractivity contribution is -0.120. The molecule has 154 valence electrons. The number of halogens is 2. The number of amides is 1. The van der Waals surface area contributed by atoms with Gasteiger partial charge in [0, 0.05) is 38.4 Å². The minimum Gasteiger partial charge on any atom is -0.370 e. The lowest BCUT2D eigenvalue weighted by atomic mass is 10.1. The van der Waals surface area contributed by atoms with Gasteiger partial charge in [-0.05, 0) is 42.0 Å². The van der Waals surface area contributed by atoms with Crippen LogP contribution in [0.25, 0.3) is 0 Å². The molecular formula is C21H25F2N5O. The van der Waals surface area contributed by atoms with E-state index in [1.54, 1.807) is 24.3 Å². The molecule has 0 bridgehead atoms. The number of piperazine rings is 1. The van der Waals surface area contributed by atoms with E-state index in [2.05, 4.69) is 15.2 Å². The van der Waals surface area contributed by atoms with Crippen LogP contribution in [0.5, 0.6) is 0 Å². The van der Waals surface area contributed by atoms with Gasteiger partial charge in [-0.2, -0.15) is 0 Å². The zero-order valence-electron chi connectivity index (χ0n) is 16.2. The Labute approximate surface area is 169 Å². The fourth-order valence-corrected chi connectivity index (χ4v) is 3.16. The molecule has 2 aromatic carbocycles. The highest BCUT2D eigenvalue weighted by Crippen LogP contribution is 2.16. The lowest BCUT2D eigenvalue weighted by Crippen LogP contribution is -2.51. The highest BCUT2D eigenvalue weighted by Gasteiger charge is 2.18. The monoisotopic (exact) mass is 401 g/mol. The maximum absolute atomic E-state index is 13.0. The second kappa shape index (κ2) is 9.86. The SMILES string of the molecule is NC(=NCCNC(=O)Cc1ccc(F)cc1)N1CCN(c2ccc(F)cc2)CC1. The summed E-state index contributed by atoms with van der Waals surface area (Å²) in [5.41, 5.74) is 7.81. The predicted octanol–water partition coefficient (Wildman–Crippen LogP) is 1.76. The van der Waals surface area contributed by atoms with Crippen LogP contribution in [0.4, 0.5) is 14.5 Å². The number of guanidine groups is 1. The topological polar surface area (TPSA) is 74.0 Å². The number of nitrogens with two attached hydrogens (primary N) is 1. The molecule has 3 rings (SSSR count). The quantitative estimate of drug-likeness (QED) is 0.440. The van der Waals surface area contributed by atoms with Crippen LogP contribution in [0.1, 0.15) is 5.56 Å². The molecule has 1 fully saturated rings. The Morgan fingerprint density at radius 1 is 0.966 bits per heavy atom. The summed E-state index contributed by atoms with van der Waals surface area (Å²) >= 11 is 0. The average Bonchev–Trinajstić information content (AvgIpc) is 2.73. The average molecular weight is 401 g/mol. The third-order valence-corrected chi connectivity index (χ3v) is 4.78. The zero-order chi connectivity index (χ0) is 20.6. The normalized spacial score (nSPS) is 14.8. The van der Waals surface area contributed by atoms with Crippen molar-refractivity contribution in [2.24, 2.45) is 10.7 Å². The fraction of sp³-hybridized carbons (Fsp3) is 0.333. The standard InChI is InChI=1S/C21H25F2N5O/c22-17-3-1-16(2-4-17)15-20(29)25-9-10-26-21(24)28-13-11-27(12-14-28)19-7-5-18(23)6-8-19/h1-8H,9-15H2,(H2,24,26)(H,25,29). The van der Waals surface area contributed by atoms with Gasteiger partial charge >= 0.3 is 0 Å². The van der Waals surface area contributed by atoms with Crippen LogP contribution < -0.4 is 16.0 Å². The molecule has 1 saturated heterocycles. The molecule has 0 saturated carbocycles. The van der Waals surface area contributed by atoms with Crippen LogP contribution in [0.2, 0.25) is 0 Å². The van der Waals surface area contributed by atoms with Crippen LogP contribution in [-0.2, 0) is 11.2 Å². The molecule has 1 heterocycles. The molecule has 1 aliphatic rings. The van der Waals surface area contributed by atoms with E-state index in [0.29, 0.717) is 19.0 Å². The van der Waals surface area contributed by atoms with E-state index in [-0.39, 0.29) is 24.0 Å². The van der Waals surface area contributed by atoms with Gasteiger partial charge in [-0.1, -0.05) is 12.1 Å². The first-order valence-corrected chi connectivity index (χ1v) is 9.58. The Morgan fingerprint density at radius 2 is 1.55 bits per heavy atom. The van der Waals surface area contributed by atoms with Gasteiger partial charge in [0.25, 0.3) is 0 Å². The van der Waals surface area contributed by atoms with E-state index in [1.807, 2.05) is 4.90 Å². The maximum atomic E-state index is 13.0. The molecular weight excluding hydrogens is 376 g/mol. The van der Waals surface area contributed by atoms with E-state index in [9.17, 15) is 13.6 Å². The number of rotatable bonds is 6. The lowest BCUT2D eigenvalue weighted by Gasteiger charge is -2.36. The number of nitrogens with one attached hydrogen (secondary N) is 1. The van der Waals surface area contributed by atoms with Crippen molar-refractivity contribution in [1.29, 1.82) is 0 Å². The predicted molar refractivity (Wildman–Crippen MR) is 110 cm³/mol. The second-order valence-electron chi connectivity index (χ2n) is 6.84. The summed E-state index contributed by atoms with van der Waals surface area (Å²) < 4.78 is 25.9. The molecule has 1 aliphatic heterocycles. The van der Waals surface area contributed by atoms with Gasteiger partial charge in [0.1, 0.15) is 11.6 Å². The van der Waals surface area contributed by atoms with Crippen molar-refractivity contribution < 1.29 is 13.6 Å². The van der Waals surface area contributed by atoms with Crippen molar-refractivity contribution in [3.63, 3.8) is 0 Å². The number of hydrogen-bond donors (Lipinski definition) is 2. The van der Waals surface area contributed by atoms with Crippen molar-refractivity contribution >= 4 is 17.6 Å².